The van der Waals surface area contributed by atoms with Crippen LogP contribution in [0.3, 0.4) is 0 Å². The van der Waals surface area contributed by atoms with Crippen molar-refractivity contribution in [2.75, 3.05) is 19.8 Å². The maximum absolute atomic E-state index is 13.0. The fourth-order valence-corrected chi connectivity index (χ4v) is 8.04. The van der Waals surface area contributed by atoms with Crippen molar-refractivity contribution in [3.8, 4) is 0 Å². The smallest absolute Gasteiger partial charge is 0.220 e. The molecule has 0 saturated carbocycles. The van der Waals surface area contributed by atoms with Crippen LogP contribution in [0.25, 0.3) is 0 Å². The minimum Gasteiger partial charge on any atom is -0.394 e. The Morgan fingerprint density at radius 2 is 1.00 bits per heavy atom. The third kappa shape index (κ3) is 27.5. The van der Waals surface area contributed by atoms with Gasteiger partial charge in [0, 0.05) is 6.42 Å². The van der Waals surface area contributed by atoms with E-state index in [0.29, 0.717) is 6.42 Å². The Kier molecular flexibility index (Phi) is 36.8. The number of carbonyl (C=O) groups is 1. The van der Waals surface area contributed by atoms with E-state index >= 15 is 0 Å². The number of rotatable bonds is 39. The number of aliphatic hydroxyl groups is 8. The number of allylic oxidation sites excluding steroid dienone is 13. The number of nitrogens with one attached hydrogen (secondary N) is 1. The van der Waals surface area contributed by atoms with Gasteiger partial charge < -0.3 is 65.1 Å². The van der Waals surface area contributed by atoms with Gasteiger partial charge in [-0.1, -0.05) is 176 Å². The second-order valence-electron chi connectivity index (χ2n) is 18.3. The molecule has 2 saturated heterocycles. The minimum absolute atomic E-state index is 0.256. The Morgan fingerprint density at radius 3 is 1.52 bits per heavy atom. The number of unbranched alkanes of at least 4 members (excludes halogenated alkanes) is 14. The molecule has 2 heterocycles. The highest BCUT2D eigenvalue weighted by Gasteiger charge is 2.51. The van der Waals surface area contributed by atoms with Crippen molar-refractivity contribution in [2.24, 2.45) is 0 Å². The normalized spacial score (nSPS) is 26.9. The summed E-state index contributed by atoms with van der Waals surface area (Å²) in [6.45, 7) is 2.48. The zero-order valence-corrected chi connectivity index (χ0v) is 42.0. The highest BCUT2D eigenvalue weighted by molar-refractivity contribution is 5.76. The van der Waals surface area contributed by atoms with Crippen LogP contribution in [0.1, 0.15) is 162 Å². The second kappa shape index (κ2) is 40.7. The van der Waals surface area contributed by atoms with Crippen LogP contribution in [0.4, 0.5) is 0 Å². The summed E-state index contributed by atoms with van der Waals surface area (Å²) < 4.78 is 22.5. The Bertz CT molecular complexity index is 1480. The molecule has 14 nitrogen and oxygen atoms in total. The van der Waals surface area contributed by atoms with Crippen molar-refractivity contribution >= 4 is 5.91 Å². The molecule has 9 N–H and O–H groups in total. The number of hydrogen-bond donors (Lipinski definition) is 9. The van der Waals surface area contributed by atoms with Crippen LogP contribution in [0, 0.1) is 0 Å². The number of aliphatic hydroxyl groups excluding tert-OH is 8. The Labute approximate surface area is 414 Å². The fourth-order valence-electron chi connectivity index (χ4n) is 8.04. The predicted molar refractivity (Wildman–Crippen MR) is 272 cm³/mol. The highest BCUT2D eigenvalue weighted by atomic mass is 16.7. The molecule has 0 spiro atoms. The molecule has 0 aromatic heterocycles. The predicted octanol–water partition coefficient (Wildman–Crippen LogP) is 7.38. The molecule has 69 heavy (non-hydrogen) atoms. The van der Waals surface area contributed by atoms with Gasteiger partial charge in [0.2, 0.25) is 5.91 Å². The van der Waals surface area contributed by atoms with Gasteiger partial charge in [-0.2, -0.15) is 0 Å². The van der Waals surface area contributed by atoms with Crippen molar-refractivity contribution in [1.82, 2.24) is 5.32 Å². The zero-order valence-electron chi connectivity index (χ0n) is 42.0. The van der Waals surface area contributed by atoms with Crippen LogP contribution in [0.5, 0.6) is 0 Å². The van der Waals surface area contributed by atoms with Crippen molar-refractivity contribution in [1.29, 1.82) is 0 Å². The number of amides is 1. The first-order valence-electron chi connectivity index (χ1n) is 26.3. The topological polar surface area (TPSA) is 228 Å². The summed E-state index contributed by atoms with van der Waals surface area (Å²) >= 11 is 0. The molecule has 0 radical (unpaired) electrons. The van der Waals surface area contributed by atoms with Crippen LogP contribution in [0.2, 0.25) is 0 Å². The van der Waals surface area contributed by atoms with E-state index in [2.05, 4.69) is 92.1 Å². The van der Waals surface area contributed by atoms with Gasteiger partial charge in [0.15, 0.2) is 12.6 Å². The van der Waals surface area contributed by atoms with E-state index in [-0.39, 0.29) is 18.9 Å². The standard InChI is InChI=1S/C55H93NO13/c1-3-5-7-9-10-11-12-13-14-15-16-17-18-19-20-21-22-23-24-25-26-27-28-29-30-31-32-33-34-35-37-39-47(60)56-43(44(59)38-36-8-6-4-2)42-66-54-52(65)50(63)53(46(41-58)68-54)69-55-51(64)49(62)48(61)45(40-57)67-55/h5,7,10-11,13-14,16-17,19-20,22-23,36,38,43-46,48-55,57-59,61-65H,3-4,6,8-9,12,15,18,21,24-35,37,39-42H2,1-2H3,(H,56,60)/b7-5-,11-10-,14-13-,17-16-,20-19-,23-22-,38-36+. The number of hydrogen-bond acceptors (Lipinski definition) is 13. The molecule has 0 aromatic rings. The molecule has 0 bridgehead atoms. The lowest BCUT2D eigenvalue weighted by Gasteiger charge is -2.46. The summed E-state index contributed by atoms with van der Waals surface area (Å²) in [7, 11) is 0. The summed E-state index contributed by atoms with van der Waals surface area (Å²) in [4.78, 5) is 13.0. The summed E-state index contributed by atoms with van der Waals surface area (Å²) in [5.41, 5.74) is 0. The number of ether oxygens (including phenoxy) is 4. The summed E-state index contributed by atoms with van der Waals surface area (Å²) in [5, 5.41) is 86.1. The first kappa shape index (κ1) is 62.3. The van der Waals surface area contributed by atoms with Crippen LogP contribution < -0.4 is 5.32 Å². The van der Waals surface area contributed by atoms with E-state index in [1.165, 1.54) is 51.4 Å². The monoisotopic (exact) mass is 976 g/mol. The Morgan fingerprint density at radius 1 is 0.536 bits per heavy atom. The minimum atomic E-state index is -1.79. The first-order valence-corrected chi connectivity index (χ1v) is 26.3. The fraction of sp³-hybridized carbons (Fsp3) is 0.727. The van der Waals surface area contributed by atoms with Gasteiger partial charge in [0.05, 0.1) is 32.0 Å². The highest BCUT2D eigenvalue weighted by Crippen LogP contribution is 2.30. The molecule has 1 amide bonds. The van der Waals surface area contributed by atoms with Crippen molar-refractivity contribution in [3.05, 3.63) is 85.1 Å². The zero-order chi connectivity index (χ0) is 50.3. The van der Waals surface area contributed by atoms with Gasteiger partial charge in [-0.05, 0) is 64.2 Å². The Balaban J connectivity index is 1.58. The lowest BCUT2D eigenvalue weighted by Crippen LogP contribution is -2.65. The molecule has 2 rings (SSSR count). The van der Waals surface area contributed by atoms with Gasteiger partial charge in [-0.25, -0.2) is 0 Å². The summed E-state index contributed by atoms with van der Waals surface area (Å²) in [5.74, 6) is -0.256. The van der Waals surface area contributed by atoms with Gasteiger partial charge >= 0.3 is 0 Å². The average molecular weight is 976 g/mol. The van der Waals surface area contributed by atoms with Gasteiger partial charge in [-0.3, -0.25) is 4.79 Å². The molecule has 0 aliphatic carbocycles. The molecule has 396 valence electrons. The largest absolute Gasteiger partial charge is 0.394 e. The van der Waals surface area contributed by atoms with E-state index in [1.807, 2.05) is 6.08 Å². The van der Waals surface area contributed by atoms with E-state index in [9.17, 15) is 45.6 Å². The Hall–Kier alpha value is -2.83. The molecule has 2 fully saturated rings. The van der Waals surface area contributed by atoms with E-state index in [4.69, 9.17) is 18.9 Å². The third-order valence-corrected chi connectivity index (χ3v) is 12.3. The molecule has 12 atom stereocenters. The number of carbonyl (C=O) groups excluding carboxylic acids is 1. The van der Waals surface area contributed by atoms with Crippen molar-refractivity contribution in [3.63, 3.8) is 0 Å². The molecular formula is C55H93NO13. The van der Waals surface area contributed by atoms with Crippen LogP contribution in [-0.4, -0.2) is 140 Å². The lowest BCUT2D eigenvalue weighted by atomic mass is 9.97. The van der Waals surface area contributed by atoms with Crippen LogP contribution in [0.15, 0.2) is 85.1 Å². The molecule has 2 aliphatic rings. The molecular weight excluding hydrogens is 883 g/mol. The van der Waals surface area contributed by atoms with Crippen molar-refractivity contribution < 1.29 is 64.6 Å². The van der Waals surface area contributed by atoms with Gasteiger partial charge in [0.25, 0.3) is 0 Å². The van der Waals surface area contributed by atoms with E-state index in [1.54, 1.807) is 6.08 Å². The van der Waals surface area contributed by atoms with E-state index < -0.39 is 86.8 Å². The molecule has 0 aromatic carbocycles. The van der Waals surface area contributed by atoms with Crippen LogP contribution >= 0.6 is 0 Å². The second-order valence-corrected chi connectivity index (χ2v) is 18.3. The maximum Gasteiger partial charge on any atom is 0.220 e. The summed E-state index contributed by atoms with van der Waals surface area (Å²) in [6.07, 6.45) is 37.2. The SMILES string of the molecule is CC/C=C\C/C=C\C/C=C\C/C=C\C/C=C\C/C=C\CCCCCCCCCCCCCCC(=O)NC(COC1OC(CO)C(OC2OC(CO)C(O)C(O)C2O)C(O)C1O)C(O)/C=C/CCCC. The van der Waals surface area contributed by atoms with Gasteiger partial charge in [-0.15, -0.1) is 0 Å². The average Bonchev–Trinajstić information content (AvgIpc) is 3.35. The molecule has 2 aliphatic heterocycles. The molecule has 14 heteroatoms. The summed E-state index contributed by atoms with van der Waals surface area (Å²) in [6, 6.07) is -0.915. The first-order chi connectivity index (χ1) is 33.6. The van der Waals surface area contributed by atoms with Gasteiger partial charge in [0.1, 0.15) is 48.8 Å². The van der Waals surface area contributed by atoms with Crippen LogP contribution in [-0.2, 0) is 23.7 Å². The lowest BCUT2D eigenvalue weighted by molar-refractivity contribution is -0.359. The quantitative estimate of drug-likeness (QED) is 0.0217. The maximum atomic E-state index is 13.0. The third-order valence-electron chi connectivity index (χ3n) is 12.3. The van der Waals surface area contributed by atoms with Crippen molar-refractivity contribution in [2.45, 2.75) is 235 Å². The van der Waals surface area contributed by atoms with E-state index in [0.717, 1.165) is 83.5 Å². The molecule has 12 unspecified atom stereocenters.